The molecule has 1 N–H and O–H groups in total. The second-order valence-electron chi connectivity index (χ2n) is 6.42. The minimum atomic E-state index is -0.832. The Kier molecular flexibility index (Phi) is 5.39. The van der Waals surface area contributed by atoms with Crippen molar-refractivity contribution in [3.63, 3.8) is 0 Å². The molecule has 0 radical (unpaired) electrons. The second-order valence-corrected chi connectivity index (χ2v) is 6.42. The standard InChI is InChI=1S/C20H20F2N2O3/c1-3-27-18-8-12(2)4-6-16(18)23-20(26)13-9-19(25)24(11-13)17-7-5-14(21)10-15(17)22/h4-8,10,13H,3,9,11H2,1-2H3,(H,23,26). The van der Waals surface area contributed by atoms with Crippen LogP contribution in [0.5, 0.6) is 5.75 Å². The molecule has 5 nitrogen and oxygen atoms in total. The molecule has 1 atom stereocenters. The summed E-state index contributed by atoms with van der Waals surface area (Å²) < 4.78 is 32.6. The molecule has 7 heteroatoms. The number of halogens is 2. The van der Waals surface area contributed by atoms with Gasteiger partial charge in [-0.3, -0.25) is 9.59 Å². The van der Waals surface area contributed by atoms with Gasteiger partial charge in [0, 0.05) is 19.0 Å². The van der Waals surface area contributed by atoms with E-state index in [1.165, 1.54) is 11.0 Å². The summed E-state index contributed by atoms with van der Waals surface area (Å²) in [5.74, 6) is -2.37. The van der Waals surface area contributed by atoms with Crippen molar-refractivity contribution in [1.82, 2.24) is 0 Å². The summed E-state index contributed by atoms with van der Waals surface area (Å²) in [4.78, 5) is 26.1. The Bertz CT molecular complexity index is 886. The van der Waals surface area contributed by atoms with Crippen LogP contribution in [0.4, 0.5) is 20.2 Å². The second kappa shape index (κ2) is 7.73. The maximum atomic E-state index is 14.0. The van der Waals surface area contributed by atoms with Gasteiger partial charge in [0.2, 0.25) is 11.8 Å². The lowest BCUT2D eigenvalue weighted by atomic mass is 10.1. The van der Waals surface area contributed by atoms with Crippen molar-refractivity contribution in [2.24, 2.45) is 5.92 Å². The van der Waals surface area contributed by atoms with E-state index in [0.717, 1.165) is 17.7 Å². The highest BCUT2D eigenvalue weighted by molar-refractivity contribution is 6.04. The van der Waals surface area contributed by atoms with Crippen LogP contribution in [0.3, 0.4) is 0 Å². The van der Waals surface area contributed by atoms with Gasteiger partial charge < -0.3 is 15.0 Å². The van der Waals surface area contributed by atoms with Gasteiger partial charge in [-0.15, -0.1) is 0 Å². The molecule has 142 valence electrons. The smallest absolute Gasteiger partial charge is 0.229 e. The minimum absolute atomic E-state index is 0.0259. The van der Waals surface area contributed by atoms with Gasteiger partial charge in [0.15, 0.2) is 0 Å². The monoisotopic (exact) mass is 374 g/mol. The Hall–Kier alpha value is -2.96. The van der Waals surface area contributed by atoms with E-state index in [1.807, 2.05) is 26.0 Å². The van der Waals surface area contributed by atoms with Gasteiger partial charge in [-0.25, -0.2) is 8.78 Å². The fourth-order valence-corrected chi connectivity index (χ4v) is 3.06. The quantitative estimate of drug-likeness (QED) is 0.869. The van der Waals surface area contributed by atoms with Crippen LogP contribution in [0.2, 0.25) is 0 Å². The molecular formula is C20H20F2N2O3. The van der Waals surface area contributed by atoms with Crippen LogP contribution in [0.25, 0.3) is 0 Å². The Morgan fingerprint density at radius 2 is 2.04 bits per heavy atom. The van der Waals surface area contributed by atoms with Gasteiger partial charge in [-0.1, -0.05) is 6.07 Å². The number of aryl methyl sites for hydroxylation is 1. The van der Waals surface area contributed by atoms with Crippen molar-refractivity contribution in [3.05, 3.63) is 53.6 Å². The van der Waals surface area contributed by atoms with E-state index in [4.69, 9.17) is 4.74 Å². The molecular weight excluding hydrogens is 354 g/mol. The largest absolute Gasteiger partial charge is 0.492 e. The molecule has 2 aromatic rings. The van der Waals surface area contributed by atoms with Crippen molar-refractivity contribution >= 4 is 23.2 Å². The number of carbonyl (C=O) groups excluding carboxylic acids is 2. The third-order valence-electron chi connectivity index (χ3n) is 4.39. The molecule has 0 saturated carbocycles. The zero-order chi connectivity index (χ0) is 19.6. The van der Waals surface area contributed by atoms with Crippen molar-refractivity contribution < 1.29 is 23.1 Å². The average molecular weight is 374 g/mol. The molecule has 1 saturated heterocycles. The summed E-state index contributed by atoms with van der Waals surface area (Å²) in [6.07, 6.45) is -0.0432. The number of amides is 2. The first-order valence-corrected chi connectivity index (χ1v) is 8.68. The summed E-state index contributed by atoms with van der Waals surface area (Å²) in [6.45, 7) is 4.24. The topological polar surface area (TPSA) is 58.6 Å². The highest BCUT2D eigenvalue weighted by Gasteiger charge is 2.36. The third-order valence-corrected chi connectivity index (χ3v) is 4.39. The number of nitrogens with zero attached hydrogens (tertiary/aromatic N) is 1. The lowest BCUT2D eigenvalue weighted by Gasteiger charge is -2.18. The van der Waals surface area contributed by atoms with Gasteiger partial charge in [0.25, 0.3) is 0 Å². The molecule has 0 aliphatic carbocycles. The first-order valence-electron chi connectivity index (χ1n) is 8.68. The number of benzene rings is 2. The van der Waals surface area contributed by atoms with Gasteiger partial charge in [0.1, 0.15) is 17.4 Å². The van der Waals surface area contributed by atoms with Crippen molar-refractivity contribution in [2.45, 2.75) is 20.3 Å². The molecule has 1 aliphatic heterocycles. The van der Waals surface area contributed by atoms with Gasteiger partial charge in [-0.2, -0.15) is 0 Å². The van der Waals surface area contributed by atoms with Crippen LogP contribution in [0.1, 0.15) is 18.9 Å². The molecule has 27 heavy (non-hydrogen) atoms. The normalized spacial score (nSPS) is 16.5. The zero-order valence-electron chi connectivity index (χ0n) is 15.1. The highest BCUT2D eigenvalue weighted by atomic mass is 19.1. The van der Waals surface area contributed by atoms with Crippen LogP contribution in [-0.2, 0) is 9.59 Å². The van der Waals surface area contributed by atoms with Gasteiger partial charge in [-0.05, 0) is 43.7 Å². The first kappa shape index (κ1) is 18.8. The number of anilines is 2. The summed E-state index contributed by atoms with van der Waals surface area (Å²) in [7, 11) is 0. The van der Waals surface area contributed by atoms with Crippen LogP contribution in [0.15, 0.2) is 36.4 Å². The SMILES string of the molecule is CCOc1cc(C)ccc1NC(=O)C1CC(=O)N(c2ccc(F)cc2F)C1. The maximum absolute atomic E-state index is 14.0. The minimum Gasteiger partial charge on any atom is -0.492 e. The Balaban J connectivity index is 1.75. The molecule has 1 fully saturated rings. The summed E-state index contributed by atoms with van der Waals surface area (Å²) >= 11 is 0. The number of nitrogens with one attached hydrogen (secondary N) is 1. The lowest BCUT2D eigenvalue weighted by molar-refractivity contribution is -0.122. The molecule has 0 bridgehead atoms. The third kappa shape index (κ3) is 4.07. The predicted octanol–water partition coefficient (Wildman–Crippen LogP) is 3.66. The molecule has 1 aliphatic rings. The predicted molar refractivity (Wildman–Crippen MR) is 97.8 cm³/mol. The van der Waals surface area contributed by atoms with Crippen molar-refractivity contribution in [3.8, 4) is 5.75 Å². The van der Waals surface area contributed by atoms with Crippen molar-refractivity contribution in [2.75, 3.05) is 23.4 Å². The number of hydrogen-bond donors (Lipinski definition) is 1. The average Bonchev–Trinajstić information content (AvgIpc) is 2.99. The Morgan fingerprint density at radius 1 is 1.26 bits per heavy atom. The fraction of sp³-hybridized carbons (Fsp3) is 0.300. The molecule has 2 aromatic carbocycles. The zero-order valence-corrected chi connectivity index (χ0v) is 15.1. The summed E-state index contributed by atoms with van der Waals surface area (Å²) in [6, 6.07) is 8.41. The van der Waals surface area contributed by atoms with Crippen LogP contribution in [0, 0.1) is 24.5 Å². The summed E-state index contributed by atoms with van der Waals surface area (Å²) in [5, 5.41) is 2.78. The van der Waals surface area contributed by atoms with Gasteiger partial charge >= 0.3 is 0 Å². The number of rotatable bonds is 5. The number of ether oxygens (including phenoxy) is 1. The molecule has 2 amide bonds. The molecule has 1 heterocycles. The molecule has 0 aromatic heterocycles. The van der Waals surface area contributed by atoms with Crippen LogP contribution < -0.4 is 15.0 Å². The first-order chi connectivity index (χ1) is 12.9. The van der Waals surface area contributed by atoms with E-state index in [9.17, 15) is 18.4 Å². The van der Waals surface area contributed by atoms with E-state index in [0.29, 0.717) is 18.0 Å². The lowest BCUT2D eigenvalue weighted by Crippen LogP contribution is -2.28. The van der Waals surface area contributed by atoms with E-state index in [-0.39, 0.29) is 30.5 Å². The van der Waals surface area contributed by atoms with E-state index < -0.39 is 17.6 Å². The van der Waals surface area contributed by atoms with E-state index in [2.05, 4.69) is 5.32 Å². The summed E-state index contributed by atoms with van der Waals surface area (Å²) in [5.41, 5.74) is 1.49. The Labute approximate surface area is 155 Å². The molecule has 3 rings (SSSR count). The molecule has 1 unspecified atom stereocenters. The number of hydrogen-bond acceptors (Lipinski definition) is 3. The van der Waals surface area contributed by atoms with E-state index >= 15 is 0 Å². The maximum Gasteiger partial charge on any atom is 0.229 e. The number of carbonyl (C=O) groups is 2. The highest BCUT2D eigenvalue weighted by Crippen LogP contribution is 2.30. The van der Waals surface area contributed by atoms with E-state index in [1.54, 1.807) is 6.07 Å². The Morgan fingerprint density at radius 3 is 2.74 bits per heavy atom. The fourth-order valence-electron chi connectivity index (χ4n) is 3.06. The van der Waals surface area contributed by atoms with Crippen molar-refractivity contribution in [1.29, 1.82) is 0 Å². The van der Waals surface area contributed by atoms with Gasteiger partial charge in [0.05, 0.1) is 23.9 Å². The molecule has 0 spiro atoms. The van der Waals surface area contributed by atoms with Crippen LogP contribution in [-0.4, -0.2) is 25.0 Å². The van der Waals surface area contributed by atoms with Crippen LogP contribution >= 0.6 is 0 Å².